The zero-order chi connectivity index (χ0) is 10.2. The van der Waals surface area contributed by atoms with Crippen LogP contribution in [0.5, 0.6) is 0 Å². The largest absolute Gasteiger partial charge is 0.320 e. The van der Waals surface area contributed by atoms with Crippen LogP contribution in [0.4, 0.5) is 0 Å². The first-order chi connectivity index (χ1) is 6.86. The van der Waals surface area contributed by atoms with Crippen molar-refractivity contribution in [3.8, 4) is 0 Å². The molecule has 0 aromatic heterocycles. The summed E-state index contributed by atoms with van der Waals surface area (Å²) in [4.78, 5) is 0. The second-order valence-electron chi connectivity index (χ2n) is 4.33. The van der Waals surface area contributed by atoms with Crippen LogP contribution in [0.15, 0.2) is 0 Å². The summed E-state index contributed by atoms with van der Waals surface area (Å²) >= 11 is 1.75. The molecule has 1 saturated carbocycles. The Balaban J connectivity index is 2.05. The quantitative estimate of drug-likeness (QED) is 0.666. The normalized spacial score (nSPS) is 27.9. The van der Waals surface area contributed by atoms with Gasteiger partial charge in [0.05, 0.1) is 0 Å². The first-order valence-corrected chi connectivity index (χ1v) is 6.99. The van der Waals surface area contributed by atoms with Gasteiger partial charge in [-0.15, -0.1) is 0 Å². The molecule has 1 fully saturated rings. The lowest BCUT2D eigenvalue weighted by Crippen LogP contribution is -2.24. The van der Waals surface area contributed by atoms with Crippen LogP contribution in [0, 0.1) is 11.8 Å². The highest BCUT2D eigenvalue weighted by atomic mass is 32.2. The first kappa shape index (κ1) is 12.3. The first-order valence-electron chi connectivity index (χ1n) is 5.77. The van der Waals surface area contributed by atoms with Crippen LogP contribution in [-0.2, 0) is 0 Å². The number of hydrogen-bond acceptors (Lipinski definition) is 3. The van der Waals surface area contributed by atoms with Gasteiger partial charge in [0.2, 0.25) is 0 Å². The maximum Gasteiger partial charge on any atom is 0.00867 e. The molecular weight excluding hydrogens is 192 g/mol. The van der Waals surface area contributed by atoms with E-state index in [9.17, 15) is 0 Å². The van der Waals surface area contributed by atoms with E-state index in [2.05, 4.69) is 16.3 Å². The lowest BCUT2D eigenvalue weighted by molar-refractivity contribution is 0.264. The van der Waals surface area contributed by atoms with Gasteiger partial charge in [0, 0.05) is 6.54 Å². The van der Waals surface area contributed by atoms with Gasteiger partial charge in [0.15, 0.2) is 0 Å². The minimum atomic E-state index is 0.938. The van der Waals surface area contributed by atoms with Crippen LogP contribution in [0.25, 0.3) is 0 Å². The smallest absolute Gasteiger partial charge is 0.00867 e. The third-order valence-corrected chi connectivity index (χ3v) is 3.74. The average Bonchev–Trinajstić information content (AvgIpc) is 2.25. The molecule has 0 amide bonds. The van der Waals surface area contributed by atoms with Crippen LogP contribution < -0.4 is 10.0 Å². The zero-order valence-electron chi connectivity index (χ0n) is 9.51. The van der Waals surface area contributed by atoms with Gasteiger partial charge < -0.3 is 5.32 Å². The van der Waals surface area contributed by atoms with Gasteiger partial charge in [-0.1, -0.05) is 24.8 Å². The lowest BCUT2D eigenvalue weighted by atomic mass is 9.80. The fourth-order valence-corrected chi connectivity index (χ4v) is 2.68. The Hall–Kier alpha value is 0.270. The molecule has 0 aromatic rings. The summed E-state index contributed by atoms with van der Waals surface area (Å²) < 4.78 is 3.38. The number of hydrogen-bond donors (Lipinski definition) is 2. The molecule has 0 atom stereocenters. The maximum absolute atomic E-state index is 3.38. The lowest BCUT2D eigenvalue weighted by Gasteiger charge is -2.28. The Bertz CT molecular complexity index is 117. The van der Waals surface area contributed by atoms with Gasteiger partial charge in [-0.3, -0.25) is 4.72 Å². The van der Waals surface area contributed by atoms with E-state index in [1.54, 1.807) is 11.9 Å². The molecule has 1 aliphatic rings. The summed E-state index contributed by atoms with van der Waals surface area (Å²) in [5.41, 5.74) is 0. The Kier molecular flexibility index (Phi) is 6.65. The summed E-state index contributed by atoms with van der Waals surface area (Å²) in [6, 6.07) is 0. The minimum Gasteiger partial charge on any atom is -0.320 e. The Morgan fingerprint density at radius 3 is 2.36 bits per heavy atom. The van der Waals surface area contributed by atoms with Gasteiger partial charge in [0.25, 0.3) is 0 Å². The molecule has 0 radical (unpaired) electrons. The van der Waals surface area contributed by atoms with E-state index in [1.165, 1.54) is 45.2 Å². The molecule has 2 nitrogen and oxygen atoms in total. The third kappa shape index (κ3) is 4.67. The molecule has 3 heteroatoms. The molecule has 0 aliphatic heterocycles. The summed E-state index contributed by atoms with van der Waals surface area (Å²) in [5.74, 6) is 1.93. The summed E-state index contributed by atoms with van der Waals surface area (Å²) in [5, 5.41) is 3.24. The van der Waals surface area contributed by atoms with E-state index in [1.807, 2.05) is 7.05 Å². The molecule has 0 unspecified atom stereocenters. The van der Waals surface area contributed by atoms with Crippen molar-refractivity contribution < 1.29 is 0 Å². The molecule has 0 aromatic carbocycles. The van der Waals surface area contributed by atoms with Crippen molar-refractivity contribution in [2.45, 2.75) is 32.1 Å². The standard InChI is InChI=1S/C11H24N2S/c1-12-8-7-10-3-5-11(6-4-10)9-13-14-2/h10-13H,3-9H2,1-2H3. The SMILES string of the molecule is CNCCC1CCC(CNSC)CC1. The van der Waals surface area contributed by atoms with Gasteiger partial charge in [-0.05, 0) is 50.9 Å². The average molecular weight is 216 g/mol. The van der Waals surface area contributed by atoms with E-state index >= 15 is 0 Å². The Labute approximate surface area is 92.7 Å². The summed E-state index contributed by atoms with van der Waals surface area (Å²) in [6.45, 7) is 2.40. The number of nitrogens with one attached hydrogen (secondary N) is 2. The van der Waals surface area contributed by atoms with Gasteiger partial charge in [-0.25, -0.2) is 0 Å². The monoisotopic (exact) mass is 216 g/mol. The van der Waals surface area contributed by atoms with Crippen LogP contribution >= 0.6 is 11.9 Å². The zero-order valence-corrected chi connectivity index (χ0v) is 10.3. The van der Waals surface area contributed by atoms with E-state index in [0.717, 1.165) is 11.8 Å². The van der Waals surface area contributed by atoms with Crippen LogP contribution in [0.2, 0.25) is 0 Å². The Morgan fingerprint density at radius 1 is 1.14 bits per heavy atom. The van der Waals surface area contributed by atoms with Crippen molar-refractivity contribution in [2.24, 2.45) is 11.8 Å². The van der Waals surface area contributed by atoms with E-state index in [-0.39, 0.29) is 0 Å². The van der Waals surface area contributed by atoms with E-state index in [0.29, 0.717) is 0 Å². The highest BCUT2D eigenvalue weighted by Crippen LogP contribution is 2.30. The third-order valence-electron chi connectivity index (χ3n) is 3.29. The molecule has 1 aliphatic carbocycles. The van der Waals surface area contributed by atoms with Crippen molar-refractivity contribution in [3.05, 3.63) is 0 Å². The minimum absolute atomic E-state index is 0.938. The second-order valence-corrected chi connectivity index (χ2v) is 5.03. The van der Waals surface area contributed by atoms with Crippen LogP contribution in [0.3, 0.4) is 0 Å². The molecule has 0 spiro atoms. The highest BCUT2D eigenvalue weighted by Gasteiger charge is 2.20. The van der Waals surface area contributed by atoms with Crippen LogP contribution in [-0.4, -0.2) is 26.4 Å². The van der Waals surface area contributed by atoms with Gasteiger partial charge in [0.1, 0.15) is 0 Å². The summed E-state index contributed by atoms with van der Waals surface area (Å²) in [7, 11) is 2.05. The Morgan fingerprint density at radius 2 is 1.79 bits per heavy atom. The fraction of sp³-hybridized carbons (Fsp3) is 1.00. The van der Waals surface area contributed by atoms with Crippen molar-refractivity contribution in [1.82, 2.24) is 10.0 Å². The van der Waals surface area contributed by atoms with E-state index < -0.39 is 0 Å². The predicted molar refractivity (Wildman–Crippen MR) is 65.5 cm³/mol. The molecule has 14 heavy (non-hydrogen) atoms. The van der Waals surface area contributed by atoms with Crippen molar-refractivity contribution in [1.29, 1.82) is 0 Å². The van der Waals surface area contributed by atoms with Crippen LogP contribution in [0.1, 0.15) is 32.1 Å². The van der Waals surface area contributed by atoms with Gasteiger partial charge in [-0.2, -0.15) is 0 Å². The second kappa shape index (κ2) is 7.55. The van der Waals surface area contributed by atoms with Crippen molar-refractivity contribution in [2.75, 3.05) is 26.4 Å². The van der Waals surface area contributed by atoms with E-state index in [4.69, 9.17) is 0 Å². The predicted octanol–water partition coefficient (Wildman–Crippen LogP) is 2.27. The molecule has 2 N–H and O–H groups in total. The molecule has 0 bridgehead atoms. The van der Waals surface area contributed by atoms with Gasteiger partial charge >= 0.3 is 0 Å². The van der Waals surface area contributed by atoms with Crippen molar-refractivity contribution in [3.63, 3.8) is 0 Å². The molecular formula is C11H24N2S. The van der Waals surface area contributed by atoms with Crippen molar-refractivity contribution >= 4 is 11.9 Å². The molecule has 0 saturated heterocycles. The number of rotatable bonds is 6. The fourth-order valence-electron chi connectivity index (χ4n) is 2.27. The maximum atomic E-state index is 3.38. The highest BCUT2D eigenvalue weighted by molar-refractivity contribution is 7.96. The summed E-state index contributed by atoms with van der Waals surface area (Å²) in [6.07, 6.45) is 9.24. The molecule has 1 rings (SSSR count). The molecule has 0 heterocycles. The topological polar surface area (TPSA) is 24.1 Å². The molecule has 84 valence electrons.